The fourth-order valence-electron chi connectivity index (χ4n) is 4.47. The molecular weight excluding hydrogens is 569 g/mol. The van der Waals surface area contributed by atoms with Crippen molar-refractivity contribution in [3.8, 4) is 0 Å². The van der Waals surface area contributed by atoms with Crippen LogP contribution in [0.15, 0.2) is 36.4 Å². The van der Waals surface area contributed by atoms with E-state index in [9.17, 15) is 30.8 Å². The van der Waals surface area contributed by atoms with Crippen LogP contribution in [0.2, 0.25) is 10.0 Å². The zero-order valence-corrected chi connectivity index (χ0v) is 23.2. The van der Waals surface area contributed by atoms with E-state index in [0.717, 1.165) is 18.4 Å². The minimum atomic E-state index is -4.71. The first-order valence-corrected chi connectivity index (χ1v) is 14.5. The number of carbonyl (C=O) groups is 1. The fraction of sp³-hybridized carbons (Fsp3) is 0.480. The van der Waals surface area contributed by atoms with E-state index in [4.69, 9.17) is 23.2 Å². The number of halogens is 6. The number of benzene rings is 2. The summed E-state index contributed by atoms with van der Waals surface area (Å²) >= 11 is 12.3. The van der Waals surface area contributed by atoms with Crippen molar-refractivity contribution in [1.82, 2.24) is 14.5 Å². The van der Waals surface area contributed by atoms with Gasteiger partial charge in [-0.2, -0.15) is 13.2 Å². The van der Waals surface area contributed by atoms with Gasteiger partial charge >= 0.3 is 6.18 Å². The highest BCUT2D eigenvalue weighted by Gasteiger charge is 2.37. The first kappa shape index (κ1) is 30.6. The molecule has 13 heteroatoms. The van der Waals surface area contributed by atoms with E-state index in [2.05, 4.69) is 5.32 Å². The van der Waals surface area contributed by atoms with E-state index in [-0.39, 0.29) is 16.5 Å². The maximum Gasteiger partial charge on any atom is 0.416 e. The number of nitrogens with zero attached hydrogens (tertiary/aromatic N) is 2. The van der Waals surface area contributed by atoms with Gasteiger partial charge in [0.2, 0.25) is 15.9 Å². The van der Waals surface area contributed by atoms with Gasteiger partial charge in [0, 0.05) is 26.2 Å². The zero-order chi connectivity index (χ0) is 28.3. The second-order valence-corrected chi connectivity index (χ2v) is 12.3. The molecule has 1 unspecified atom stereocenters. The zero-order valence-electron chi connectivity index (χ0n) is 20.9. The summed E-state index contributed by atoms with van der Waals surface area (Å²) in [4.78, 5) is 15.6. The molecule has 38 heavy (non-hydrogen) atoms. The van der Waals surface area contributed by atoms with Crippen molar-refractivity contribution in [3.63, 3.8) is 0 Å². The number of hydrogen-bond donors (Lipinski definition) is 1. The molecule has 0 spiro atoms. The Balaban J connectivity index is 1.83. The van der Waals surface area contributed by atoms with E-state index in [1.807, 2.05) is 4.90 Å². The summed E-state index contributed by atoms with van der Waals surface area (Å²) in [5.74, 6) is -1.42. The van der Waals surface area contributed by atoms with Crippen LogP contribution in [0.5, 0.6) is 0 Å². The van der Waals surface area contributed by atoms with Gasteiger partial charge in [-0.1, -0.05) is 29.3 Å². The van der Waals surface area contributed by atoms with Crippen molar-refractivity contribution in [2.75, 3.05) is 39.0 Å². The second-order valence-electron chi connectivity index (χ2n) is 9.55. The van der Waals surface area contributed by atoms with Gasteiger partial charge in [0.15, 0.2) is 0 Å². The molecule has 1 saturated heterocycles. The van der Waals surface area contributed by atoms with Gasteiger partial charge in [-0.3, -0.25) is 4.79 Å². The molecule has 210 valence electrons. The average Bonchev–Trinajstić information content (AvgIpc) is 3.08. The van der Waals surface area contributed by atoms with Crippen molar-refractivity contribution < 1.29 is 30.8 Å². The van der Waals surface area contributed by atoms with Crippen LogP contribution in [-0.4, -0.2) is 62.5 Å². The molecule has 0 aromatic heterocycles. The largest absolute Gasteiger partial charge is 0.416 e. The van der Waals surface area contributed by atoms with Crippen LogP contribution < -0.4 is 5.32 Å². The van der Waals surface area contributed by atoms with E-state index in [0.29, 0.717) is 50.8 Å². The Morgan fingerprint density at radius 2 is 1.74 bits per heavy atom. The number of hydrogen-bond acceptors (Lipinski definition) is 4. The van der Waals surface area contributed by atoms with Gasteiger partial charge in [0.1, 0.15) is 5.82 Å². The van der Waals surface area contributed by atoms with Gasteiger partial charge in [0.25, 0.3) is 0 Å². The number of amides is 1. The normalized spacial score (nSPS) is 17.6. The Morgan fingerprint density at radius 1 is 1.03 bits per heavy atom. The predicted molar refractivity (Wildman–Crippen MR) is 139 cm³/mol. The third-order valence-corrected chi connectivity index (χ3v) is 8.86. The van der Waals surface area contributed by atoms with E-state index in [1.54, 1.807) is 19.1 Å². The molecule has 0 aliphatic carbocycles. The molecule has 0 saturated carbocycles. The topological polar surface area (TPSA) is 69.7 Å². The highest BCUT2D eigenvalue weighted by atomic mass is 35.5. The summed E-state index contributed by atoms with van der Waals surface area (Å²) in [7, 11) is -3.32. The number of alkyl halides is 3. The third-order valence-electron chi connectivity index (χ3n) is 6.81. The molecule has 1 fully saturated rings. The molecule has 2 aromatic rings. The van der Waals surface area contributed by atoms with Crippen LogP contribution in [0.3, 0.4) is 0 Å². The smallest absolute Gasteiger partial charge is 0.351 e. The second kappa shape index (κ2) is 12.1. The Labute approximate surface area is 229 Å². The van der Waals surface area contributed by atoms with Crippen molar-refractivity contribution in [2.45, 2.75) is 37.9 Å². The van der Waals surface area contributed by atoms with E-state index < -0.39 is 51.0 Å². The third kappa shape index (κ3) is 7.59. The summed E-state index contributed by atoms with van der Waals surface area (Å²) in [5.41, 5.74) is -2.15. The molecule has 0 bridgehead atoms. The van der Waals surface area contributed by atoms with Crippen molar-refractivity contribution in [1.29, 1.82) is 0 Å². The first-order valence-electron chi connectivity index (χ1n) is 11.9. The quantitative estimate of drug-likeness (QED) is 0.431. The van der Waals surface area contributed by atoms with Crippen molar-refractivity contribution in [3.05, 3.63) is 69.0 Å². The van der Waals surface area contributed by atoms with Gasteiger partial charge in [-0.15, -0.1) is 0 Å². The summed E-state index contributed by atoms with van der Waals surface area (Å²) in [6.45, 7) is 3.32. The lowest BCUT2D eigenvalue weighted by Gasteiger charge is -2.32. The fourth-order valence-corrected chi connectivity index (χ4v) is 5.64. The highest BCUT2D eigenvalue weighted by Crippen LogP contribution is 2.35. The van der Waals surface area contributed by atoms with Gasteiger partial charge in [-0.05, 0) is 74.3 Å². The van der Waals surface area contributed by atoms with Gasteiger partial charge in [-0.25, -0.2) is 17.1 Å². The lowest BCUT2D eigenvalue weighted by atomic mass is 9.78. The van der Waals surface area contributed by atoms with Crippen LogP contribution in [0, 0.1) is 5.82 Å². The Bertz CT molecular complexity index is 1280. The summed E-state index contributed by atoms with van der Waals surface area (Å²) in [6.07, 6.45) is -2.68. The Kier molecular flexibility index (Phi) is 9.73. The molecule has 1 aliphatic heterocycles. The molecule has 0 radical (unpaired) electrons. The van der Waals surface area contributed by atoms with E-state index >= 15 is 0 Å². The molecule has 1 aliphatic rings. The molecule has 3 rings (SSSR count). The monoisotopic (exact) mass is 597 g/mol. The lowest BCUT2D eigenvalue weighted by Crippen LogP contribution is -2.45. The molecular formula is C25H29Cl2F4N3O3S. The van der Waals surface area contributed by atoms with Crippen LogP contribution in [0.4, 0.5) is 17.6 Å². The van der Waals surface area contributed by atoms with Crippen molar-refractivity contribution >= 4 is 39.1 Å². The summed E-state index contributed by atoms with van der Waals surface area (Å²) in [6, 6.07) is 6.83. The standard InChI is InChI=1S/C25H29Cl2F4N3O3S/c1-24(18-4-7-21(26)22(27)15-18,8-11-33-9-3-10-34(13-12-33)38(2,36)37)23(35)32-16-17-14-19(28)5-6-20(17)25(29,30)31/h4-7,14-15H,3,8-13,16H2,1-2H3,(H,32,35). The average molecular weight is 598 g/mol. The van der Waals surface area contributed by atoms with Crippen LogP contribution in [-0.2, 0) is 33.0 Å². The Hall–Kier alpha value is -1.92. The number of rotatable bonds is 8. The SMILES string of the molecule is CC(CCN1CCCN(S(C)(=O)=O)CC1)(C(=O)NCc1cc(F)ccc1C(F)(F)F)c1ccc(Cl)c(Cl)c1. The van der Waals surface area contributed by atoms with E-state index in [1.165, 1.54) is 10.4 Å². The molecule has 6 nitrogen and oxygen atoms in total. The summed E-state index contributed by atoms with van der Waals surface area (Å²) in [5, 5.41) is 3.04. The lowest BCUT2D eigenvalue weighted by molar-refractivity contribution is -0.138. The minimum Gasteiger partial charge on any atom is -0.351 e. The number of sulfonamides is 1. The van der Waals surface area contributed by atoms with Crippen molar-refractivity contribution in [2.24, 2.45) is 0 Å². The van der Waals surface area contributed by atoms with Crippen LogP contribution in [0.1, 0.15) is 36.5 Å². The van der Waals surface area contributed by atoms with Crippen LogP contribution >= 0.6 is 23.2 Å². The molecule has 1 amide bonds. The maximum atomic E-state index is 13.7. The molecule has 1 atom stereocenters. The minimum absolute atomic E-state index is 0.214. The van der Waals surface area contributed by atoms with Crippen LogP contribution in [0.25, 0.3) is 0 Å². The molecule has 1 N–H and O–H groups in total. The van der Waals surface area contributed by atoms with Gasteiger partial charge in [0.05, 0.1) is 27.3 Å². The molecule has 2 aromatic carbocycles. The van der Waals surface area contributed by atoms with Gasteiger partial charge < -0.3 is 10.2 Å². The first-order chi connectivity index (χ1) is 17.6. The molecule has 1 heterocycles. The highest BCUT2D eigenvalue weighted by molar-refractivity contribution is 7.88. The number of nitrogens with one attached hydrogen (secondary N) is 1. The predicted octanol–water partition coefficient (Wildman–Crippen LogP) is 5.08. The number of carbonyl (C=O) groups excluding carboxylic acids is 1. The Morgan fingerprint density at radius 3 is 2.37 bits per heavy atom. The summed E-state index contributed by atoms with van der Waals surface area (Å²) < 4.78 is 79.3. The maximum absolute atomic E-state index is 13.7.